The molecule has 1 aromatic carbocycles. The summed E-state index contributed by atoms with van der Waals surface area (Å²) in [5, 5.41) is 9.15. The Bertz CT molecular complexity index is 775. The normalized spacial score (nSPS) is 10.0. The summed E-state index contributed by atoms with van der Waals surface area (Å²) >= 11 is 6.19. The van der Waals surface area contributed by atoms with Crippen molar-refractivity contribution in [3.8, 4) is 17.6 Å². The highest BCUT2D eigenvalue weighted by Crippen LogP contribution is 2.36. The highest BCUT2D eigenvalue weighted by molar-refractivity contribution is 6.32. The van der Waals surface area contributed by atoms with Gasteiger partial charge in [-0.1, -0.05) is 17.7 Å². The topological polar surface area (TPSA) is 75.5 Å². The Morgan fingerprint density at radius 1 is 1.36 bits per heavy atom. The molecule has 6 nitrogen and oxygen atoms in total. The second-order valence-corrected chi connectivity index (χ2v) is 5.60. The van der Waals surface area contributed by atoms with Crippen molar-refractivity contribution in [2.24, 2.45) is 0 Å². The van der Waals surface area contributed by atoms with Crippen LogP contribution in [0.3, 0.4) is 0 Å². The Labute approximate surface area is 151 Å². The summed E-state index contributed by atoms with van der Waals surface area (Å²) in [5.41, 5.74) is 1.24. The number of ether oxygens (including phenoxy) is 2. The first-order chi connectivity index (χ1) is 12.1. The predicted molar refractivity (Wildman–Crippen MR) is 93.8 cm³/mol. The zero-order chi connectivity index (χ0) is 18.2. The van der Waals surface area contributed by atoms with Crippen molar-refractivity contribution in [2.45, 2.75) is 13.0 Å². The van der Waals surface area contributed by atoms with E-state index in [9.17, 15) is 4.79 Å². The summed E-state index contributed by atoms with van der Waals surface area (Å²) in [7, 11) is 2.96. The number of hydrogen-bond donors (Lipinski definition) is 0. The molecule has 0 atom stereocenters. The van der Waals surface area contributed by atoms with Crippen molar-refractivity contribution in [1.29, 1.82) is 5.26 Å². The van der Waals surface area contributed by atoms with Crippen molar-refractivity contribution in [3.05, 3.63) is 52.8 Å². The van der Waals surface area contributed by atoms with E-state index in [0.717, 1.165) is 5.56 Å². The summed E-state index contributed by atoms with van der Waals surface area (Å²) in [4.78, 5) is 18.6. The number of methoxy groups -OCH3 is 2. The van der Waals surface area contributed by atoms with Crippen LogP contribution in [0.1, 0.15) is 22.3 Å². The van der Waals surface area contributed by atoms with Gasteiger partial charge in [-0.05, 0) is 23.8 Å². The van der Waals surface area contributed by atoms with Crippen LogP contribution in [0.15, 0.2) is 36.7 Å². The van der Waals surface area contributed by atoms with E-state index in [2.05, 4.69) is 11.1 Å². The van der Waals surface area contributed by atoms with Gasteiger partial charge in [0.05, 0.1) is 31.7 Å². The zero-order valence-corrected chi connectivity index (χ0v) is 14.8. The predicted octanol–water partition coefficient (Wildman–Crippen LogP) is 3.31. The van der Waals surface area contributed by atoms with Gasteiger partial charge in [-0.3, -0.25) is 9.78 Å². The molecular weight excluding hydrogens is 342 g/mol. The third-order valence-electron chi connectivity index (χ3n) is 3.56. The number of benzene rings is 1. The molecule has 0 radical (unpaired) electrons. The molecule has 2 rings (SSSR count). The molecule has 0 saturated carbocycles. The maximum Gasteiger partial charge on any atom is 0.254 e. The van der Waals surface area contributed by atoms with Gasteiger partial charge >= 0.3 is 0 Å². The number of nitrogens with zero attached hydrogens (tertiary/aromatic N) is 3. The fourth-order valence-electron chi connectivity index (χ4n) is 2.37. The Hall–Kier alpha value is -2.78. The van der Waals surface area contributed by atoms with E-state index in [1.807, 2.05) is 6.07 Å². The molecule has 0 aliphatic heterocycles. The molecule has 130 valence electrons. The minimum Gasteiger partial charge on any atom is -0.493 e. The van der Waals surface area contributed by atoms with Gasteiger partial charge in [-0.2, -0.15) is 5.26 Å². The summed E-state index contributed by atoms with van der Waals surface area (Å²) < 4.78 is 10.4. The Balaban J connectivity index is 2.32. The van der Waals surface area contributed by atoms with Gasteiger partial charge in [0.2, 0.25) is 0 Å². The monoisotopic (exact) mass is 359 g/mol. The summed E-state index contributed by atoms with van der Waals surface area (Å²) in [5.74, 6) is 0.499. The molecule has 7 heteroatoms. The van der Waals surface area contributed by atoms with Gasteiger partial charge in [0.1, 0.15) is 0 Å². The molecule has 25 heavy (non-hydrogen) atoms. The number of pyridine rings is 1. The lowest BCUT2D eigenvalue weighted by Crippen LogP contribution is -2.31. The van der Waals surface area contributed by atoms with Crippen LogP contribution in [0.4, 0.5) is 0 Å². The highest BCUT2D eigenvalue weighted by atomic mass is 35.5. The fraction of sp³-hybridized carbons (Fsp3) is 0.278. The Morgan fingerprint density at radius 2 is 2.16 bits per heavy atom. The molecule has 0 aliphatic rings. The van der Waals surface area contributed by atoms with Crippen LogP contribution in [-0.2, 0) is 6.54 Å². The molecule has 0 unspecified atom stereocenters. The van der Waals surface area contributed by atoms with Gasteiger partial charge in [-0.25, -0.2) is 0 Å². The van der Waals surface area contributed by atoms with E-state index in [1.54, 1.807) is 29.4 Å². The Kier molecular flexibility index (Phi) is 6.61. The molecule has 0 N–H and O–H groups in total. The molecule has 0 bridgehead atoms. The second kappa shape index (κ2) is 8.90. The zero-order valence-electron chi connectivity index (χ0n) is 14.0. The number of aromatic nitrogens is 1. The summed E-state index contributed by atoms with van der Waals surface area (Å²) in [6.45, 7) is 0.649. The van der Waals surface area contributed by atoms with Crippen molar-refractivity contribution < 1.29 is 14.3 Å². The minimum absolute atomic E-state index is 0.229. The van der Waals surface area contributed by atoms with Crippen LogP contribution in [-0.4, -0.2) is 36.6 Å². The van der Waals surface area contributed by atoms with Gasteiger partial charge < -0.3 is 14.4 Å². The van der Waals surface area contributed by atoms with Crippen LogP contribution >= 0.6 is 11.6 Å². The number of halogens is 1. The number of amides is 1. The maximum absolute atomic E-state index is 12.9. The van der Waals surface area contributed by atoms with Crippen molar-refractivity contribution in [2.75, 3.05) is 20.8 Å². The average Bonchev–Trinajstić information content (AvgIpc) is 2.64. The first-order valence-electron chi connectivity index (χ1n) is 7.57. The third-order valence-corrected chi connectivity index (χ3v) is 3.84. The van der Waals surface area contributed by atoms with Gasteiger partial charge in [0.25, 0.3) is 5.91 Å². The SMILES string of the molecule is COc1cc(C(=O)N(CCC#N)Cc2cccnc2)cc(Cl)c1OC. The number of carbonyl (C=O) groups is 1. The lowest BCUT2D eigenvalue weighted by molar-refractivity contribution is 0.0746. The first-order valence-corrected chi connectivity index (χ1v) is 7.95. The quantitative estimate of drug-likeness (QED) is 0.758. The van der Waals surface area contributed by atoms with Crippen molar-refractivity contribution >= 4 is 17.5 Å². The van der Waals surface area contributed by atoms with Crippen LogP contribution in [0.2, 0.25) is 5.02 Å². The first kappa shape index (κ1) is 18.6. The molecule has 0 saturated heterocycles. The smallest absolute Gasteiger partial charge is 0.254 e. The lowest BCUT2D eigenvalue weighted by Gasteiger charge is -2.22. The van der Waals surface area contributed by atoms with E-state index in [4.69, 9.17) is 26.3 Å². The molecule has 0 fully saturated rings. The highest BCUT2D eigenvalue weighted by Gasteiger charge is 2.20. The van der Waals surface area contributed by atoms with Gasteiger partial charge in [0.15, 0.2) is 11.5 Å². The molecular formula is C18H18ClN3O3. The van der Waals surface area contributed by atoms with Crippen LogP contribution < -0.4 is 9.47 Å². The number of hydrogen-bond acceptors (Lipinski definition) is 5. The molecule has 1 aromatic heterocycles. The largest absolute Gasteiger partial charge is 0.493 e. The van der Waals surface area contributed by atoms with E-state index in [1.165, 1.54) is 20.3 Å². The summed E-state index contributed by atoms with van der Waals surface area (Å²) in [6.07, 6.45) is 3.58. The fourth-order valence-corrected chi connectivity index (χ4v) is 2.66. The third kappa shape index (κ3) is 4.61. The minimum atomic E-state index is -0.248. The number of carbonyl (C=O) groups excluding carboxylic acids is 1. The van der Waals surface area contributed by atoms with Gasteiger partial charge in [-0.15, -0.1) is 0 Å². The summed E-state index contributed by atoms with van der Waals surface area (Å²) in [6, 6.07) is 8.85. The Morgan fingerprint density at radius 3 is 2.76 bits per heavy atom. The van der Waals surface area contributed by atoms with Gasteiger partial charge in [0, 0.05) is 31.0 Å². The van der Waals surface area contributed by atoms with E-state index >= 15 is 0 Å². The van der Waals surface area contributed by atoms with Crippen LogP contribution in [0.25, 0.3) is 0 Å². The number of rotatable bonds is 7. The lowest BCUT2D eigenvalue weighted by atomic mass is 10.1. The molecule has 0 aliphatic carbocycles. The van der Waals surface area contributed by atoms with Crippen molar-refractivity contribution in [1.82, 2.24) is 9.88 Å². The molecule has 2 aromatic rings. The van der Waals surface area contributed by atoms with E-state index in [0.29, 0.717) is 30.2 Å². The molecule has 1 heterocycles. The van der Waals surface area contributed by atoms with E-state index in [-0.39, 0.29) is 17.4 Å². The average molecular weight is 360 g/mol. The second-order valence-electron chi connectivity index (χ2n) is 5.19. The molecule has 1 amide bonds. The van der Waals surface area contributed by atoms with Crippen LogP contribution in [0, 0.1) is 11.3 Å². The molecule has 0 spiro atoms. The number of nitriles is 1. The van der Waals surface area contributed by atoms with Crippen molar-refractivity contribution in [3.63, 3.8) is 0 Å². The maximum atomic E-state index is 12.9. The van der Waals surface area contributed by atoms with E-state index < -0.39 is 0 Å². The van der Waals surface area contributed by atoms with Crippen LogP contribution in [0.5, 0.6) is 11.5 Å². The standard InChI is InChI=1S/C18H18ClN3O3/c1-24-16-10-14(9-15(19)17(16)25-2)18(23)22(8-4-6-20)12-13-5-3-7-21-11-13/h3,5,7,9-11H,4,8,12H2,1-2H3.